The Labute approximate surface area is 543 Å². The number of phenolic OH excluding ortho intramolecular Hbond substituents is 6. The van der Waals surface area contributed by atoms with Gasteiger partial charge in [0.05, 0.1) is 10.0 Å². The summed E-state index contributed by atoms with van der Waals surface area (Å²) in [5.74, 6) is -14.5. The van der Waals surface area contributed by atoms with Crippen LogP contribution in [0.1, 0.15) is 88.6 Å². The third-order valence-electron chi connectivity index (χ3n) is 15.8. The standard InChI is InChI=1S/C65H59Cl2N9O18/c1-27(77)69-51-30-7-10-43(81)47(21-30)92-36-18-32(17-34(78)24-36)53-63(89)73-54-33-22-48(93-45-11-5-28(15-39(45)66)16-41(59(85)71-53)70-61(51)87)58(84)49(23-33)94-46-12-8-31(20-40(46)67)57(83)56-65(91)74-55(60(86)68-13-4-14-76(2)3)38-25-35(79)26-44(82)50(38)37-19-29(6-9-42(37)80)52(62(88)75-56)72-64(54)90/h5-12,15,17-26,41,51-57,78-84H,4,13-14,16H2,1-3H3,(H,68,86)(H,69,77)(H,70,87)(H,71,85)(H,72,90)(H,73,89)(H,74,91)(H,75,88)/t41-,51-,52-,53+,54-,55+,56+,57-/m1/s1/i69+1. The molecule has 0 radical (unpaired) electrons. The van der Waals surface area contributed by atoms with E-state index in [9.17, 15) is 50.1 Å². The fraction of sp³-hybridized carbons (Fsp3) is 0.231. The van der Waals surface area contributed by atoms with E-state index in [-0.39, 0.29) is 96.1 Å². The van der Waals surface area contributed by atoms with Crippen LogP contribution in [0.4, 0.5) is 0 Å². The van der Waals surface area contributed by atoms with Gasteiger partial charge >= 0.3 is 0 Å². The van der Waals surface area contributed by atoms with E-state index in [4.69, 9.17) is 37.4 Å². The number of nitrogens with one attached hydrogen (secondary N) is 8. The number of fused-ring (bicyclic) bond motifs is 14. The zero-order valence-electron chi connectivity index (χ0n) is 49.7. The Morgan fingerprint density at radius 2 is 1.15 bits per heavy atom. The monoisotopic (exact) mass is 1320 g/mol. The van der Waals surface area contributed by atoms with Gasteiger partial charge in [0.1, 0.15) is 88.6 Å². The molecule has 29 heteroatoms. The number of benzene rings is 7. The number of carbonyl (C=O) groups is 8. The van der Waals surface area contributed by atoms with Crippen LogP contribution in [-0.4, -0.2) is 127 Å². The fourth-order valence-electron chi connectivity index (χ4n) is 11.3. The van der Waals surface area contributed by atoms with Crippen molar-refractivity contribution in [1.82, 2.24) is 47.4 Å². The smallest absolute Gasteiger partial charge is 0.248 e. The Morgan fingerprint density at radius 1 is 0.553 bits per heavy atom. The Balaban J connectivity index is 1.12. The van der Waals surface area contributed by atoms with E-state index in [1.54, 1.807) is 0 Å². The van der Waals surface area contributed by atoms with Crippen molar-refractivity contribution in [1.29, 1.82) is 0 Å². The number of ether oxygens (including phenoxy) is 3. The predicted octanol–water partition coefficient (Wildman–Crippen LogP) is 5.15. The lowest BCUT2D eigenvalue weighted by Gasteiger charge is -2.31. The minimum absolute atomic E-state index is 0.0474. The molecule has 8 atom stereocenters. The summed E-state index contributed by atoms with van der Waals surface area (Å²) >= 11 is 13.8. The molecule has 8 amide bonds. The van der Waals surface area contributed by atoms with Crippen LogP contribution in [0.25, 0.3) is 11.1 Å². The van der Waals surface area contributed by atoms with Gasteiger partial charge in [-0.25, -0.2) is 0 Å². The molecule has 17 bridgehead atoms. The van der Waals surface area contributed by atoms with Gasteiger partial charge in [-0.1, -0.05) is 47.5 Å². The first-order valence-corrected chi connectivity index (χ1v) is 29.8. The maximum absolute atomic E-state index is 15.9. The first-order chi connectivity index (χ1) is 44.8. The van der Waals surface area contributed by atoms with Crippen molar-refractivity contribution in [2.45, 2.75) is 68.2 Å². The lowest BCUT2D eigenvalue weighted by molar-refractivity contribution is -0.137. The summed E-state index contributed by atoms with van der Waals surface area (Å²) in [6, 6.07) is 8.86. The van der Waals surface area contributed by atoms with Crippen LogP contribution in [0, 0.1) is 0 Å². The zero-order valence-corrected chi connectivity index (χ0v) is 51.3. The third kappa shape index (κ3) is 13.5. The highest BCUT2D eigenvalue weighted by Gasteiger charge is 2.42. The number of nitrogens with zero attached hydrogens (tertiary/aromatic N) is 1. The van der Waals surface area contributed by atoms with Gasteiger partial charge in [-0.3, -0.25) is 38.4 Å². The highest BCUT2D eigenvalue weighted by Crippen LogP contribution is 2.48. The van der Waals surface area contributed by atoms with Gasteiger partial charge in [-0.15, -0.1) is 0 Å². The highest BCUT2D eigenvalue weighted by molar-refractivity contribution is 6.32. The number of rotatable bonds is 6. The molecular weight excluding hydrogens is 1270 g/mol. The number of hydrogen-bond acceptors (Lipinski definition) is 19. The molecule has 13 rings (SSSR count). The maximum Gasteiger partial charge on any atom is 0.248 e. The number of phenols is 6. The van der Waals surface area contributed by atoms with Crippen LogP contribution in [0.2, 0.25) is 10.0 Å². The first-order valence-electron chi connectivity index (χ1n) is 29.0. The molecule has 6 heterocycles. The largest absolute Gasteiger partial charge is 0.508 e. The van der Waals surface area contributed by atoms with Gasteiger partial charge in [0.2, 0.25) is 53.0 Å². The van der Waals surface area contributed by atoms with Crippen LogP contribution in [0.3, 0.4) is 0 Å². The lowest BCUT2D eigenvalue weighted by Crippen LogP contribution is -2.56. The summed E-state index contributed by atoms with van der Waals surface area (Å²) in [6.07, 6.45) is -2.07. The second-order valence-electron chi connectivity index (χ2n) is 22.9. The maximum atomic E-state index is 15.9. The molecule has 6 aliphatic heterocycles. The molecule has 27 nitrogen and oxygen atoms in total. The summed E-state index contributed by atoms with van der Waals surface area (Å²) in [5, 5.41) is 102. The Kier molecular flexibility index (Phi) is 18.1. The molecule has 0 saturated heterocycles. The molecule has 0 unspecified atom stereocenters. The highest BCUT2D eigenvalue weighted by atomic mass is 35.5. The molecule has 0 spiro atoms. The molecule has 0 aliphatic carbocycles. The minimum atomic E-state index is -2.18. The molecule has 7 aromatic rings. The Hall–Kier alpha value is -11.0. The van der Waals surface area contributed by atoms with Gasteiger partial charge in [0, 0.05) is 43.1 Å². The summed E-state index contributed by atoms with van der Waals surface area (Å²) < 4.78 is 18.6. The lowest BCUT2D eigenvalue weighted by atomic mass is 9.89. The first kappa shape index (κ1) is 64.5. The Bertz CT molecular complexity index is 4300. The van der Waals surface area contributed by atoms with Crippen molar-refractivity contribution in [3.8, 4) is 80.1 Å². The molecular formula is C65H59Cl2N9O18. The van der Waals surface area contributed by atoms with E-state index in [2.05, 4.69) is 42.5 Å². The van der Waals surface area contributed by atoms with E-state index >= 15 is 24.0 Å². The van der Waals surface area contributed by atoms with E-state index in [0.717, 1.165) is 61.5 Å². The quantitative estimate of drug-likeness (QED) is 0.0756. The second-order valence-corrected chi connectivity index (χ2v) is 23.7. The van der Waals surface area contributed by atoms with E-state index in [1.807, 2.05) is 19.0 Å². The normalized spacial score (nSPS) is 21.0. The number of aliphatic hydroxyl groups excluding tert-OH is 1. The van der Waals surface area contributed by atoms with Crippen LogP contribution < -0.4 is 56.7 Å². The van der Waals surface area contributed by atoms with E-state index < -0.39 is 142 Å². The van der Waals surface area contributed by atoms with Crippen molar-refractivity contribution in [3.05, 3.63) is 164 Å². The zero-order chi connectivity index (χ0) is 67.1. The van der Waals surface area contributed by atoms with Crippen molar-refractivity contribution in [2.75, 3.05) is 27.2 Å². The average molecular weight is 1330 g/mol. The van der Waals surface area contributed by atoms with Gasteiger partial charge in [-0.2, -0.15) is 0 Å². The fourth-order valence-corrected chi connectivity index (χ4v) is 11.7. The SMILES string of the molecule is CC(=O)[15NH][C@H]1C(=O)N[C@@H]2Cc3ccc(c(Cl)c3)Oc3cc4cc(c3O)Oc3ccc(cc3Cl)[C@@H](O)[C@@H]3NC(=O)[C@H](NC(=O)[C@@H]4NC(=O)[C@@H](NC2=O)c2cc(O)cc(c2)Oc2cc1ccc2O)c1ccc(O)c(c1)-c1c(O)cc(O)cc1[C@@H](C(=O)NCCCN(C)C)NC3=O. The molecule has 7 aromatic carbocycles. The van der Waals surface area contributed by atoms with Crippen LogP contribution in [0.15, 0.2) is 115 Å². The predicted molar refractivity (Wildman–Crippen MR) is 333 cm³/mol. The topological polar surface area (TPSA) is 405 Å². The van der Waals surface area contributed by atoms with Gasteiger partial charge in [0.25, 0.3) is 0 Å². The molecule has 486 valence electrons. The average Bonchev–Trinajstić information content (AvgIpc) is 0.779. The van der Waals surface area contributed by atoms with Crippen LogP contribution in [0.5, 0.6) is 69.0 Å². The molecule has 6 aliphatic rings. The number of hydrogen-bond donors (Lipinski definition) is 15. The summed E-state index contributed by atoms with van der Waals surface area (Å²) in [4.78, 5) is 121. The summed E-state index contributed by atoms with van der Waals surface area (Å²) in [6.45, 7) is 1.70. The van der Waals surface area contributed by atoms with E-state index in [1.165, 1.54) is 60.7 Å². The number of aliphatic hydroxyl groups is 1. The number of carbonyl (C=O) groups excluding carboxylic acids is 8. The Morgan fingerprint density at radius 3 is 1.82 bits per heavy atom. The van der Waals surface area contributed by atoms with Gasteiger partial charge in [0.15, 0.2) is 23.0 Å². The molecule has 0 aromatic heterocycles. The van der Waals surface area contributed by atoms with E-state index in [0.29, 0.717) is 13.0 Å². The minimum Gasteiger partial charge on any atom is -0.508 e. The van der Waals surface area contributed by atoms with Crippen molar-refractivity contribution in [3.63, 3.8) is 0 Å². The summed E-state index contributed by atoms with van der Waals surface area (Å²) in [5.41, 5.74) is -1.60. The van der Waals surface area contributed by atoms with Crippen molar-refractivity contribution < 1.29 is 88.3 Å². The molecule has 0 saturated carbocycles. The van der Waals surface area contributed by atoms with Crippen molar-refractivity contribution in [2.24, 2.45) is 0 Å². The second kappa shape index (κ2) is 26.3. The number of halogens is 2. The third-order valence-corrected chi connectivity index (χ3v) is 16.4. The molecule has 0 fully saturated rings. The molecule has 15 N–H and O–H groups in total. The van der Waals surface area contributed by atoms with Gasteiger partial charge in [-0.05, 0) is 145 Å². The van der Waals surface area contributed by atoms with Crippen molar-refractivity contribution >= 4 is 70.5 Å². The van der Waals surface area contributed by atoms with Crippen LogP contribution in [-0.2, 0) is 44.8 Å². The molecule has 94 heavy (non-hydrogen) atoms. The number of aromatic hydroxyl groups is 6. The summed E-state index contributed by atoms with van der Waals surface area (Å²) in [7, 11) is 3.62. The number of amides is 8. The van der Waals surface area contributed by atoms with Gasteiger partial charge < -0.3 is 97.4 Å². The van der Waals surface area contributed by atoms with Crippen LogP contribution >= 0.6 is 23.2 Å².